The van der Waals surface area contributed by atoms with Crippen molar-refractivity contribution in [2.24, 2.45) is 5.92 Å². The Balaban J connectivity index is 1.82. The zero-order valence-corrected chi connectivity index (χ0v) is 13.8. The molecule has 0 aromatic heterocycles. The van der Waals surface area contributed by atoms with Gasteiger partial charge in [0.2, 0.25) is 0 Å². The van der Waals surface area contributed by atoms with Crippen molar-refractivity contribution in [2.75, 3.05) is 39.9 Å². The topological polar surface area (TPSA) is 33.7 Å². The summed E-state index contributed by atoms with van der Waals surface area (Å²) in [5.41, 5.74) is 1.37. The molecule has 4 nitrogen and oxygen atoms in total. The average molecular weight is 304 g/mol. The maximum absolute atomic E-state index is 5.65. The monoisotopic (exact) mass is 304 g/mol. The van der Waals surface area contributed by atoms with Gasteiger partial charge in [0.1, 0.15) is 0 Å². The fraction of sp³-hybridized carbons (Fsp3) is 0.667. The molecule has 0 amide bonds. The van der Waals surface area contributed by atoms with Crippen LogP contribution in [0.15, 0.2) is 18.2 Å². The van der Waals surface area contributed by atoms with Crippen molar-refractivity contribution in [3.63, 3.8) is 0 Å². The fourth-order valence-corrected chi connectivity index (χ4v) is 3.33. The van der Waals surface area contributed by atoms with Gasteiger partial charge in [-0.2, -0.15) is 0 Å². The molecular weight excluding hydrogens is 276 g/mol. The van der Waals surface area contributed by atoms with Crippen LogP contribution in [-0.2, 0) is 0 Å². The van der Waals surface area contributed by atoms with Crippen LogP contribution in [0, 0.1) is 5.92 Å². The third-order valence-corrected chi connectivity index (χ3v) is 4.72. The summed E-state index contributed by atoms with van der Waals surface area (Å²) in [5, 5.41) is 3.45. The van der Waals surface area contributed by atoms with Crippen LogP contribution < -0.4 is 14.8 Å². The number of rotatable bonds is 7. The normalized spacial score (nSPS) is 20.6. The van der Waals surface area contributed by atoms with Crippen molar-refractivity contribution in [3.05, 3.63) is 23.8 Å². The minimum absolute atomic E-state index is 0.513. The largest absolute Gasteiger partial charge is 0.493 e. The summed E-state index contributed by atoms with van der Waals surface area (Å²) >= 11 is 0. The van der Waals surface area contributed by atoms with E-state index in [1.807, 2.05) is 6.92 Å². The van der Waals surface area contributed by atoms with Crippen molar-refractivity contribution in [1.82, 2.24) is 10.2 Å². The Kier molecular flexibility index (Phi) is 5.21. The molecule has 1 saturated carbocycles. The van der Waals surface area contributed by atoms with E-state index in [-0.39, 0.29) is 0 Å². The molecule has 22 heavy (non-hydrogen) atoms. The minimum Gasteiger partial charge on any atom is -0.493 e. The molecule has 0 bridgehead atoms. The first-order chi connectivity index (χ1) is 10.8. The van der Waals surface area contributed by atoms with Gasteiger partial charge in [0, 0.05) is 32.2 Å². The van der Waals surface area contributed by atoms with Crippen molar-refractivity contribution in [3.8, 4) is 11.5 Å². The quantitative estimate of drug-likeness (QED) is 0.840. The van der Waals surface area contributed by atoms with E-state index in [4.69, 9.17) is 9.47 Å². The molecular formula is C18H28N2O2. The molecule has 0 unspecified atom stereocenters. The van der Waals surface area contributed by atoms with Gasteiger partial charge < -0.3 is 14.8 Å². The highest BCUT2D eigenvalue weighted by Crippen LogP contribution is 2.41. The molecule has 2 fully saturated rings. The van der Waals surface area contributed by atoms with Gasteiger partial charge in [-0.25, -0.2) is 0 Å². The molecule has 1 aromatic carbocycles. The standard InChI is InChI=1S/C18H28N2O2/c1-3-22-17-7-6-15(13-18(17)21-2)16(12-14-4-5-14)20-10-8-19-9-11-20/h6-7,13-14,16,19H,3-5,8-12H2,1-2H3/t16-/m1/s1. The summed E-state index contributed by atoms with van der Waals surface area (Å²) < 4.78 is 11.2. The molecule has 3 rings (SSSR count). The third kappa shape index (κ3) is 3.73. The van der Waals surface area contributed by atoms with Gasteiger partial charge in [-0.15, -0.1) is 0 Å². The highest BCUT2D eigenvalue weighted by atomic mass is 16.5. The van der Waals surface area contributed by atoms with Gasteiger partial charge in [0.05, 0.1) is 13.7 Å². The number of methoxy groups -OCH3 is 1. The van der Waals surface area contributed by atoms with E-state index >= 15 is 0 Å². The van der Waals surface area contributed by atoms with Crippen molar-refractivity contribution < 1.29 is 9.47 Å². The molecule has 1 saturated heterocycles. The van der Waals surface area contributed by atoms with Crippen LogP contribution in [0.2, 0.25) is 0 Å². The average Bonchev–Trinajstić information content (AvgIpc) is 3.38. The Bertz CT molecular complexity index is 482. The zero-order valence-electron chi connectivity index (χ0n) is 13.8. The van der Waals surface area contributed by atoms with Crippen LogP contribution in [0.4, 0.5) is 0 Å². The van der Waals surface area contributed by atoms with Gasteiger partial charge in [-0.3, -0.25) is 4.90 Å². The van der Waals surface area contributed by atoms with Crippen LogP contribution in [0.1, 0.15) is 37.8 Å². The molecule has 1 atom stereocenters. The molecule has 1 aliphatic heterocycles. The molecule has 1 aliphatic carbocycles. The highest BCUT2D eigenvalue weighted by Gasteiger charge is 2.30. The lowest BCUT2D eigenvalue weighted by atomic mass is 9.98. The van der Waals surface area contributed by atoms with Crippen molar-refractivity contribution >= 4 is 0 Å². The van der Waals surface area contributed by atoms with Gasteiger partial charge in [0.15, 0.2) is 11.5 Å². The lowest BCUT2D eigenvalue weighted by Crippen LogP contribution is -2.45. The fourth-order valence-electron chi connectivity index (χ4n) is 3.33. The highest BCUT2D eigenvalue weighted by molar-refractivity contribution is 5.44. The summed E-state index contributed by atoms with van der Waals surface area (Å²) in [7, 11) is 1.72. The molecule has 1 N–H and O–H groups in total. The molecule has 4 heteroatoms. The second-order valence-corrected chi connectivity index (χ2v) is 6.32. The Morgan fingerprint density at radius 3 is 2.64 bits per heavy atom. The summed E-state index contributed by atoms with van der Waals surface area (Å²) in [5.74, 6) is 2.62. The number of piperazine rings is 1. The van der Waals surface area contributed by atoms with Gasteiger partial charge >= 0.3 is 0 Å². The van der Waals surface area contributed by atoms with Gasteiger partial charge in [-0.05, 0) is 37.0 Å². The minimum atomic E-state index is 0.513. The van der Waals surface area contributed by atoms with E-state index in [1.54, 1.807) is 7.11 Å². The van der Waals surface area contributed by atoms with Crippen molar-refractivity contribution in [2.45, 2.75) is 32.2 Å². The molecule has 122 valence electrons. The summed E-state index contributed by atoms with van der Waals surface area (Å²) in [6, 6.07) is 6.99. The first-order valence-corrected chi connectivity index (χ1v) is 8.57. The number of nitrogens with one attached hydrogen (secondary N) is 1. The van der Waals surface area contributed by atoms with E-state index in [2.05, 4.69) is 28.4 Å². The van der Waals surface area contributed by atoms with E-state index < -0.39 is 0 Å². The van der Waals surface area contributed by atoms with E-state index in [9.17, 15) is 0 Å². The van der Waals surface area contributed by atoms with Crippen LogP contribution in [0.25, 0.3) is 0 Å². The molecule has 1 heterocycles. The van der Waals surface area contributed by atoms with Crippen LogP contribution in [0.3, 0.4) is 0 Å². The summed E-state index contributed by atoms with van der Waals surface area (Å²) in [6.07, 6.45) is 4.07. The second kappa shape index (κ2) is 7.34. The first kappa shape index (κ1) is 15.6. The van der Waals surface area contributed by atoms with E-state index in [0.717, 1.165) is 43.6 Å². The SMILES string of the molecule is CCOc1ccc([C@@H](CC2CC2)N2CCNCC2)cc1OC. The number of hydrogen-bond acceptors (Lipinski definition) is 4. The third-order valence-electron chi connectivity index (χ3n) is 4.72. The van der Waals surface area contributed by atoms with Gasteiger partial charge in [0.25, 0.3) is 0 Å². The zero-order chi connectivity index (χ0) is 15.4. The lowest BCUT2D eigenvalue weighted by Gasteiger charge is -2.35. The second-order valence-electron chi connectivity index (χ2n) is 6.32. The van der Waals surface area contributed by atoms with Gasteiger partial charge in [-0.1, -0.05) is 18.9 Å². The predicted octanol–water partition coefficient (Wildman–Crippen LogP) is 2.84. The summed E-state index contributed by atoms with van der Waals surface area (Å²) in [6.45, 7) is 7.12. The first-order valence-electron chi connectivity index (χ1n) is 8.57. The Labute approximate surface area is 133 Å². The number of hydrogen-bond donors (Lipinski definition) is 1. The van der Waals surface area contributed by atoms with E-state index in [0.29, 0.717) is 12.6 Å². The number of benzene rings is 1. The number of nitrogens with zero attached hydrogens (tertiary/aromatic N) is 1. The molecule has 0 radical (unpaired) electrons. The molecule has 0 spiro atoms. The van der Waals surface area contributed by atoms with Crippen molar-refractivity contribution in [1.29, 1.82) is 0 Å². The Morgan fingerprint density at radius 1 is 1.23 bits per heavy atom. The van der Waals surface area contributed by atoms with Crippen LogP contribution >= 0.6 is 0 Å². The van der Waals surface area contributed by atoms with Crippen LogP contribution in [0.5, 0.6) is 11.5 Å². The van der Waals surface area contributed by atoms with Crippen LogP contribution in [-0.4, -0.2) is 44.8 Å². The molecule has 1 aromatic rings. The number of ether oxygens (including phenoxy) is 2. The molecule has 2 aliphatic rings. The maximum Gasteiger partial charge on any atom is 0.161 e. The van der Waals surface area contributed by atoms with E-state index in [1.165, 1.54) is 24.8 Å². The lowest BCUT2D eigenvalue weighted by molar-refractivity contribution is 0.160. The summed E-state index contributed by atoms with van der Waals surface area (Å²) in [4.78, 5) is 2.63. The Hall–Kier alpha value is -1.26. The predicted molar refractivity (Wildman–Crippen MR) is 88.7 cm³/mol. The maximum atomic E-state index is 5.65. The smallest absolute Gasteiger partial charge is 0.161 e. The Morgan fingerprint density at radius 2 is 2.00 bits per heavy atom.